The van der Waals surface area contributed by atoms with Gasteiger partial charge in [0.1, 0.15) is 0 Å². The van der Waals surface area contributed by atoms with E-state index in [1.165, 1.54) is 12.8 Å². The number of pyridine rings is 1. The maximum Gasteiger partial charge on any atom is 0.0526 e. The van der Waals surface area contributed by atoms with Gasteiger partial charge in [-0.1, -0.05) is 20.3 Å². The van der Waals surface area contributed by atoms with Gasteiger partial charge in [-0.2, -0.15) is 0 Å². The van der Waals surface area contributed by atoms with Gasteiger partial charge in [0.25, 0.3) is 0 Å². The summed E-state index contributed by atoms with van der Waals surface area (Å²) in [6.07, 6.45) is 6.20. The fourth-order valence-corrected chi connectivity index (χ4v) is 1.35. The highest BCUT2D eigenvalue weighted by Gasteiger charge is 1.99. The van der Waals surface area contributed by atoms with Gasteiger partial charge in [0.2, 0.25) is 0 Å². The van der Waals surface area contributed by atoms with E-state index >= 15 is 0 Å². The molecule has 0 bridgehead atoms. The van der Waals surface area contributed by atoms with Crippen LogP contribution in [0.1, 0.15) is 26.7 Å². The Labute approximate surface area is 80.4 Å². The van der Waals surface area contributed by atoms with E-state index in [0.717, 1.165) is 18.2 Å². The Morgan fingerprint density at radius 3 is 3.00 bits per heavy atom. The normalized spacial score (nSPS) is 12.5. The van der Waals surface area contributed by atoms with Gasteiger partial charge in [-0.3, -0.25) is 4.98 Å². The molecule has 0 aromatic carbocycles. The van der Waals surface area contributed by atoms with Crippen molar-refractivity contribution in [2.75, 3.05) is 11.9 Å². The lowest BCUT2D eigenvalue weighted by Gasteiger charge is -2.11. The van der Waals surface area contributed by atoms with Gasteiger partial charge in [0, 0.05) is 18.9 Å². The van der Waals surface area contributed by atoms with E-state index in [9.17, 15) is 0 Å². The number of hydrogen-bond acceptors (Lipinski definition) is 2. The highest BCUT2D eigenvalue weighted by molar-refractivity contribution is 5.39. The monoisotopic (exact) mass is 178 g/mol. The van der Waals surface area contributed by atoms with Gasteiger partial charge in [-0.05, 0) is 24.5 Å². The Morgan fingerprint density at radius 2 is 2.38 bits per heavy atom. The second-order valence-electron chi connectivity index (χ2n) is 3.52. The first-order valence-corrected chi connectivity index (χ1v) is 4.96. The Kier molecular flexibility index (Phi) is 4.30. The zero-order valence-corrected chi connectivity index (χ0v) is 8.46. The zero-order chi connectivity index (χ0) is 9.52. The summed E-state index contributed by atoms with van der Waals surface area (Å²) in [6, 6.07) is 4.00. The van der Waals surface area contributed by atoms with Crippen molar-refractivity contribution in [2.45, 2.75) is 26.7 Å². The lowest BCUT2D eigenvalue weighted by molar-refractivity contribution is 0.550. The number of anilines is 1. The molecular weight excluding hydrogens is 160 g/mol. The van der Waals surface area contributed by atoms with Gasteiger partial charge in [0.05, 0.1) is 5.69 Å². The molecule has 0 spiro atoms. The maximum atomic E-state index is 4.05. The van der Waals surface area contributed by atoms with Crippen LogP contribution in [-0.4, -0.2) is 11.5 Å². The zero-order valence-electron chi connectivity index (χ0n) is 8.46. The smallest absolute Gasteiger partial charge is 0.0526 e. The lowest BCUT2D eigenvalue weighted by Crippen LogP contribution is -2.10. The summed E-state index contributed by atoms with van der Waals surface area (Å²) in [5.74, 6) is 0.741. The summed E-state index contributed by atoms with van der Waals surface area (Å²) < 4.78 is 0. The minimum Gasteiger partial charge on any atom is -0.384 e. The van der Waals surface area contributed by atoms with E-state index in [2.05, 4.69) is 24.1 Å². The summed E-state index contributed by atoms with van der Waals surface area (Å²) in [5, 5.41) is 3.37. The summed E-state index contributed by atoms with van der Waals surface area (Å²) >= 11 is 0. The molecule has 0 aliphatic heterocycles. The van der Waals surface area contributed by atoms with E-state index in [1.54, 1.807) is 6.20 Å². The van der Waals surface area contributed by atoms with Crippen molar-refractivity contribution >= 4 is 5.69 Å². The van der Waals surface area contributed by atoms with E-state index in [0.29, 0.717) is 0 Å². The maximum absolute atomic E-state index is 4.05. The molecule has 1 atom stereocenters. The van der Waals surface area contributed by atoms with Crippen LogP contribution in [0.4, 0.5) is 5.69 Å². The molecule has 1 heterocycles. The van der Waals surface area contributed by atoms with E-state index in [-0.39, 0.29) is 0 Å². The number of nitrogens with one attached hydrogen (secondary N) is 1. The minimum atomic E-state index is 0.741. The highest BCUT2D eigenvalue weighted by Crippen LogP contribution is 2.08. The van der Waals surface area contributed by atoms with Crippen LogP contribution >= 0.6 is 0 Å². The Bertz CT molecular complexity index is 221. The quantitative estimate of drug-likeness (QED) is 0.749. The highest BCUT2D eigenvalue weighted by atomic mass is 14.9. The Hall–Kier alpha value is -1.05. The molecule has 1 unspecified atom stereocenters. The van der Waals surface area contributed by atoms with Crippen molar-refractivity contribution in [3.8, 4) is 0 Å². The van der Waals surface area contributed by atoms with Crippen LogP contribution < -0.4 is 5.32 Å². The Balaban J connectivity index is 2.27. The molecule has 1 N–H and O–H groups in total. The van der Waals surface area contributed by atoms with Crippen LogP contribution in [0, 0.1) is 5.92 Å². The van der Waals surface area contributed by atoms with Crippen molar-refractivity contribution in [1.29, 1.82) is 0 Å². The average molecular weight is 178 g/mol. The van der Waals surface area contributed by atoms with E-state index in [1.807, 2.05) is 18.3 Å². The molecule has 13 heavy (non-hydrogen) atoms. The second-order valence-corrected chi connectivity index (χ2v) is 3.52. The summed E-state index contributed by atoms with van der Waals surface area (Å²) in [6.45, 7) is 5.53. The number of rotatable bonds is 5. The Morgan fingerprint density at radius 1 is 1.54 bits per heavy atom. The van der Waals surface area contributed by atoms with Gasteiger partial charge >= 0.3 is 0 Å². The van der Waals surface area contributed by atoms with Gasteiger partial charge in [-0.15, -0.1) is 0 Å². The third kappa shape index (κ3) is 3.92. The molecule has 0 aliphatic carbocycles. The van der Waals surface area contributed by atoms with Crippen molar-refractivity contribution < 1.29 is 0 Å². The fraction of sp³-hybridized carbons (Fsp3) is 0.545. The molecule has 2 heteroatoms. The molecule has 1 aromatic heterocycles. The predicted octanol–water partition coefficient (Wildman–Crippen LogP) is 2.93. The van der Waals surface area contributed by atoms with E-state index < -0.39 is 0 Å². The van der Waals surface area contributed by atoms with Crippen LogP contribution in [0.25, 0.3) is 0 Å². The number of aromatic nitrogens is 1. The molecule has 0 aliphatic rings. The first kappa shape index (κ1) is 10.0. The molecule has 1 aromatic rings. The molecule has 0 amide bonds. The summed E-state index contributed by atoms with van der Waals surface area (Å²) in [5.41, 5.74) is 1.12. The number of hydrogen-bond donors (Lipinski definition) is 1. The van der Waals surface area contributed by atoms with Gasteiger partial charge in [0.15, 0.2) is 0 Å². The van der Waals surface area contributed by atoms with Gasteiger partial charge in [-0.25, -0.2) is 0 Å². The standard InChI is InChI=1S/C11H18N2/c1-3-5-10(2)8-13-11-6-4-7-12-9-11/h4,6-7,9-10,13H,3,5,8H2,1-2H3. The molecule has 0 saturated carbocycles. The van der Waals surface area contributed by atoms with Crippen molar-refractivity contribution in [3.63, 3.8) is 0 Å². The van der Waals surface area contributed by atoms with Crippen molar-refractivity contribution in [1.82, 2.24) is 4.98 Å². The summed E-state index contributed by atoms with van der Waals surface area (Å²) in [4.78, 5) is 4.05. The van der Waals surface area contributed by atoms with Crippen molar-refractivity contribution in [3.05, 3.63) is 24.5 Å². The van der Waals surface area contributed by atoms with Crippen molar-refractivity contribution in [2.24, 2.45) is 5.92 Å². The fourth-order valence-electron chi connectivity index (χ4n) is 1.35. The molecule has 1 rings (SSSR count). The molecule has 2 nitrogen and oxygen atoms in total. The van der Waals surface area contributed by atoms with E-state index in [4.69, 9.17) is 0 Å². The molecule has 0 saturated heterocycles. The second kappa shape index (κ2) is 5.57. The minimum absolute atomic E-state index is 0.741. The lowest BCUT2D eigenvalue weighted by atomic mass is 10.1. The first-order valence-electron chi connectivity index (χ1n) is 4.96. The first-order chi connectivity index (χ1) is 6.33. The van der Waals surface area contributed by atoms with Gasteiger partial charge < -0.3 is 5.32 Å². The van der Waals surface area contributed by atoms with Crippen LogP contribution in [-0.2, 0) is 0 Å². The third-order valence-corrected chi connectivity index (χ3v) is 2.10. The third-order valence-electron chi connectivity index (χ3n) is 2.10. The summed E-state index contributed by atoms with van der Waals surface area (Å²) in [7, 11) is 0. The van der Waals surface area contributed by atoms with Crippen LogP contribution in [0.3, 0.4) is 0 Å². The average Bonchev–Trinajstić information content (AvgIpc) is 2.17. The molecular formula is C11H18N2. The molecule has 0 fully saturated rings. The molecule has 0 radical (unpaired) electrons. The molecule has 72 valence electrons. The van der Waals surface area contributed by atoms with Crippen LogP contribution in [0.5, 0.6) is 0 Å². The van der Waals surface area contributed by atoms with Crippen LogP contribution in [0.2, 0.25) is 0 Å². The number of nitrogens with zero attached hydrogens (tertiary/aromatic N) is 1. The SMILES string of the molecule is CCCC(C)CNc1cccnc1. The predicted molar refractivity (Wildman–Crippen MR) is 56.8 cm³/mol. The topological polar surface area (TPSA) is 24.9 Å². The van der Waals surface area contributed by atoms with Crippen LogP contribution in [0.15, 0.2) is 24.5 Å². The largest absolute Gasteiger partial charge is 0.384 e.